The Labute approximate surface area is 87.9 Å². The fourth-order valence-electron chi connectivity index (χ4n) is 2.38. The molecule has 2 unspecified atom stereocenters. The van der Waals surface area contributed by atoms with Crippen molar-refractivity contribution in [3.8, 4) is 6.07 Å². The summed E-state index contributed by atoms with van der Waals surface area (Å²) >= 11 is 0. The molecule has 80 valence electrons. The molecule has 1 rings (SSSR count). The van der Waals surface area contributed by atoms with Crippen LogP contribution in [-0.2, 0) is 0 Å². The summed E-state index contributed by atoms with van der Waals surface area (Å²) in [5.74, 6) is 0.531. The average molecular weight is 194 g/mol. The van der Waals surface area contributed by atoms with Crippen LogP contribution in [0.2, 0.25) is 0 Å². The van der Waals surface area contributed by atoms with Crippen LogP contribution in [0.3, 0.4) is 0 Å². The number of hydrogen-bond donors (Lipinski definition) is 0. The quantitative estimate of drug-likeness (QED) is 0.688. The van der Waals surface area contributed by atoms with Crippen molar-refractivity contribution < 1.29 is 0 Å². The highest BCUT2D eigenvalue weighted by Crippen LogP contribution is 2.20. The minimum Gasteiger partial charge on any atom is -0.288 e. The first-order valence-electron chi connectivity index (χ1n) is 5.93. The Kier molecular flexibility index (Phi) is 4.97. The fourth-order valence-corrected chi connectivity index (χ4v) is 2.38. The second kappa shape index (κ2) is 6.03. The molecule has 0 aromatic rings. The van der Waals surface area contributed by atoms with Crippen LogP contribution in [0.1, 0.15) is 46.0 Å². The van der Waals surface area contributed by atoms with E-state index in [-0.39, 0.29) is 6.04 Å². The van der Waals surface area contributed by atoms with Crippen LogP contribution in [0.5, 0.6) is 0 Å². The zero-order valence-corrected chi connectivity index (χ0v) is 9.50. The predicted octanol–water partition coefficient (Wildman–Crippen LogP) is 2.80. The Morgan fingerprint density at radius 3 is 2.43 bits per heavy atom. The van der Waals surface area contributed by atoms with E-state index in [1.807, 2.05) is 0 Å². The van der Waals surface area contributed by atoms with E-state index in [1.54, 1.807) is 0 Å². The smallest absolute Gasteiger partial charge is 0.100 e. The topological polar surface area (TPSA) is 27.0 Å². The fraction of sp³-hybridized carbons (Fsp3) is 0.917. The minimum atomic E-state index is 0.162. The predicted molar refractivity (Wildman–Crippen MR) is 58.9 cm³/mol. The van der Waals surface area contributed by atoms with Crippen molar-refractivity contribution in [1.29, 1.82) is 5.26 Å². The third-order valence-electron chi connectivity index (χ3n) is 3.20. The van der Waals surface area contributed by atoms with Gasteiger partial charge < -0.3 is 0 Å². The first-order valence-corrected chi connectivity index (χ1v) is 5.93. The number of rotatable bonds is 4. The lowest BCUT2D eigenvalue weighted by atomic mass is 9.95. The standard InChI is InChI=1S/C12H22N2/c1-3-7-11(2)12(10-13)14-8-5-4-6-9-14/h11-12H,3-9H2,1-2H3. The van der Waals surface area contributed by atoms with E-state index >= 15 is 0 Å². The molecule has 1 aliphatic heterocycles. The monoisotopic (exact) mass is 194 g/mol. The van der Waals surface area contributed by atoms with E-state index in [1.165, 1.54) is 32.1 Å². The molecule has 1 heterocycles. The molecule has 0 amide bonds. The maximum absolute atomic E-state index is 9.18. The van der Waals surface area contributed by atoms with Crippen LogP contribution < -0.4 is 0 Å². The first-order chi connectivity index (χ1) is 6.79. The van der Waals surface area contributed by atoms with Crippen molar-refractivity contribution >= 4 is 0 Å². The summed E-state index contributed by atoms with van der Waals surface area (Å²) in [6, 6.07) is 2.64. The van der Waals surface area contributed by atoms with E-state index in [9.17, 15) is 5.26 Å². The van der Waals surface area contributed by atoms with Gasteiger partial charge >= 0.3 is 0 Å². The van der Waals surface area contributed by atoms with Crippen LogP contribution in [0.4, 0.5) is 0 Å². The SMILES string of the molecule is CCCC(C)C(C#N)N1CCCCC1. The highest BCUT2D eigenvalue weighted by Gasteiger charge is 2.24. The normalized spacial score (nSPS) is 22.6. The van der Waals surface area contributed by atoms with Gasteiger partial charge in [-0.2, -0.15) is 5.26 Å². The zero-order valence-electron chi connectivity index (χ0n) is 9.50. The van der Waals surface area contributed by atoms with Gasteiger partial charge in [0.1, 0.15) is 6.04 Å². The van der Waals surface area contributed by atoms with Crippen LogP contribution in [0, 0.1) is 17.2 Å². The summed E-state index contributed by atoms with van der Waals surface area (Å²) in [6.45, 7) is 6.67. The highest BCUT2D eigenvalue weighted by molar-refractivity contribution is 4.95. The Morgan fingerprint density at radius 1 is 1.29 bits per heavy atom. The number of nitriles is 1. The maximum atomic E-state index is 9.18. The summed E-state index contributed by atoms with van der Waals surface area (Å²) in [4.78, 5) is 2.38. The summed E-state index contributed by atoms with van der Waals surface area (Å²) < 4.78 is 0. The van der Waals surface area contributed by atoms with Crippen molar-refractivity contribution in [1.82, 2.24) is 4.90 Å². The lowest BCUT2D eigenvalue weighted by Gasteiger charge is -2.33. The van der Waals surface area contributed by atoms with Crippen molar-refractivity contribution in [2.75, 3.05) is 13.1 Å². The largest absolute Gasteiger partial charge is 0.288 e. The van der Waals surface area contributed by atoms with Crippen molar-refractivity contribution in [2.24, 2.45) is 5.92 Å². The Bertz CT molecular complexity index is 189. The van der Waals surface area contributed by atoms with E-state index < -0.39 is 0 Å². The minimum absolute atomic E-state index is 0.162. The molecule has 2 heteroatoms. The second-order valence-corrected chi connectivity index (χ2v) is 4.44. The molecular formula is C12H22N2. The zero-order chi connectivity index (χ0) is 10.4. The Morgan fingerprint density at radius 2 is 1.93 bits per heavy atom. The molecule has 0 spiro atoms. The molecule has 1 fully saturated rings. The van der Waals surface area contributed by atoms with Crippen molar-refractivity contribution in [2.45, 2.75) is 52.0 Å². The molecule has 0 N–H and O–H groups in total. The third kappa shape index (κ3) is 2.99. The van der Waals surface area contributed by atoms with Gasteiger partial charge in [-0.15, -0.1) is 0 Å². The number of piperidine rings is 1. The molecule has 0 aromatic carbocycles. The molecule has 14 heavy (non-hydrogen) atoms. The third-order valence-corrected chi connectivity index (χ3v) is 3.20. The molecule has 1 saturated heterocycles. The van der Waals surface area contributed by atoms with Gasteiger partial charge in [-0.1, -0.05) is 26.7 Å². The Hall–Kier alpha value is -0.550. The lowest BCUT2D eigenvalue weighted by molar-refractivity contribution is 0.153. The summed E-state index contributed by atoms with van der Waals surface area (Å²) in [5, 5.41) is 9.18. The van der Waals surface area contributed by atoms with Crippen LogP contribution in [-0.4, -0.2) is 24.0 Å². The molecule has 0 saturated carbocycles. The molecule has 2 atom stereocenters. The van der Waals surface area contributed by atoms with Gasteiger partial charge in [0, 0.05) is 0 Å². The van der Waals surface area contributed by atoms with Gasteiger partial charge in [0.25, 0.3) is 0 Å². The van der Waals surface area contributed by atoms with E-state index in [4.69, 9.17) is 0 Å². The van der Waals surface area contributed by atoms with Crippen LogP contribution >= 0.6 is 0 Å². The average Bonchev–Trinajstić information content (AvgIpc) is 2.21. The number of hydrogen-bond acceptors (Lipinski definition) is 2. The highest BCUT2D eigenvalue weighted by atomic mass is 15.2. The first kappa shape index (κ1) is 11.5. The molecule has 0 radical (unpaired) electrons. The van der Waals surface area contributed by atoms with Gasteiger partial charge in [0.2, 0.25) is 0 Å². The molecule has 2 nitrogen and oxygen atoms in total. The van der Waals surface area contributed by atoms with Gasteiger partial charge in [0.15, 0.2) is 0 Å². The summed E-state index contributed by atoms with van der Waals surface area (Å²) in [5.41, 5.74) is 0. The lowest BCUT2D eigenvalue weighted by Crippen LogP contribution is -2.42. The van der Waals surface area contributed by atoms with Gasteiger partial charge in [0.05, 0.1) is 6.07 Å². The molecule has 1 aliphatic rings. The van der Waals surface area contributed by atoms with Gasteiger partial charge in [-0.05, 0) is 38.3 Å². The van der Waals surface area contributed by atoms with Gasteiger partial charge in [-0.25, -0.2) is 0 Å². The summed E-state index contributed by atoms with van der Waals surface area (Å²) in [6.07, 6.45) is 6.26. The molecule has 0 bridgehead atoms. The van der Waals surface area contributed by atoms with E-state index in [0.717, 1.165) is 13.1 Å². The Balaban J connectivity index is 2.47. The molecular weight excluding hydrogens is 172 g/mol. The van der Waals surface area contributed by atoms with Crippen molar-refractivity contribution in [3.05, 3.63) is 0 Å². The summed E-state index contributed by atoms with van der Waals surface area (Å²) in [7, 11) is 0. The maximum Gasteiger partial charge on any atom is 0.100 e. The van der Waals surface area contributed by atoms with Gasteiger partial charge in [-0.3, -0.25) is 4.90 Å². The molecule has 0 aromatic heterocycles. The van der Waals surface area contributed by atoms with E-state index in [2.05, 4.69) is 24.8 Å². The van der Waals surface area contributed by atoms with Crippen LogP contribution in [0.15, 0.2) is 0 Å². The van der Waals surface area contributed by atoms with Crippen molar-refractivity contribution in [3.63, 3.8) is 0 Å². The number of likely N-dealkylation sites (tertiary alicyclic amines) is 1. The second-order valence-electron chi connectivity index (χ2n) is 4.44. The number of nitrogens with zero attached hydrogens (tertiary/aromatic N) is 2. The van der Waals surface area contributed by atoms with E-state index in [0.29, 0.717) is 5.92 Å². The molecule has 0 aliphatic carbocycles. The van der Waals surface area contributed by atoms with Crippen LogP contribution in [0.25, 0.3) is 0 Å².